The van der Waals surface area contributed by atoms with Crippen molar-refractivity contribution in [1.82, 2.24) is 5.32 Å². The van der Waals surface area contributed by atoms with Crippen molar-refractivity contribution in [2.75, 3.05) is 13.2 Å². The first-order chi connectivity index (χ1) is 9.69. The number of nitrogens with one attached hydrogen (secondary N) is 1. The molecule has 112 valence electrons. The zero-order valence-corrected chi connectivity index (χ0v) is 13.3. The quantitative estimate of drug-likeness (QED) is 0.833. The summed E-state index contributed by atoms with van der Waals surface area (Å²) in [6.45, 7) is 6.28. The van der Waals surface area contributed by atoms with Crippen molar-refractivity contribution in [3.8, 4) is 5.75 Å². The maximum absolute atomic E-state index is 5.93. The van der Waals surface area contributed by atoms with Gasteiger partial charge in [-0.2, -0.15) is 0 Å². The van der Waals surface area contributed by atoms with E-state index in [1.807, 2.05) is 24.3 Å². The molecule has 1 fully saturated rings. The van der Waals surface area contributed by atoms with Crippen LogP contribution in [0.15, 0.2) is 24.3 Å². The Morgan fingerprint density at radius 3 is 2.45 bits per heavy atom. The molecule has 1 saturated carbocycles. The van der Waals surface area contributed by atoms with Crippen LogP contribution in [0.4, 0.5) is 0 Å². The van der Waals surface area contributed by atoms with E-state index in [9.17, 15) is 0 Å². The highest BCUT2D eigenvalue weighted by molar-refractivity contribution is 6.30. The lowest BCUT2D eigenvalue weighted by Crippen LogP contribution is -2.42. The molecule has 0 bridgehead atoms. The molecule has 1 aromatic carbocycles. The van der Waals surface area contributed by atoms with Crippen LogP contribution in [0.3, 0.4) is 0 Å². The molecule has 0 saturated heterocycles. The predicted octanol–water partition coefficient (Wildman–Crippen LogP) is 4.52. The Morgan fingerprint density at radius 1 is 1.20 bits per heavy atom. The second-order valence-electron chi connectivity index (χ2n) is 5.95. The number of halogens is 1. The van der Waals surface area contributed by atoms with Gasteiger partial charge in [0.1, 0.15) is 12.4 Å². The Labute approximate surface area is 127 Å². The molecular weight excluding hydrogens is 270 g/mol. The molecule has 0 radical (unpaired) electrons. The van der Waals surface area contributed by atoms with Crippen LogP contribution in [0.5, 0.6) is 5.75 Å². The summed E-state index contributed by atoms with van der Waals surface area (Å²) in [5.41, 5.74) is 0. The lowest BCUT2D eigenvalue weighted by atomic mass is 9.79. The van der Waals surface area contributed by atoms with E-state index in [1.165, 1.54) is 25.7 Å². The summed E-state index contributed by atoms with van der Waals surface area (Å²) in [5, 5.41) is 4.35. The number of hydrogen-bond acceptors (Lipinski definition) is 2. The van der Waals surface area contributed by atoms with Gasteiger partial charge in [-0.1, -0.05) is 38.3 Å². The van der Waals surface area contributed by atoms with Gasteiger partial charge in [-0.25, -0.2) is 0 Å². The maximum atomic E-state index is 5.93. The van der Waals surface area contributed by atoms with Crippen molar-refractivity contribution in [3.05, 3.63) is 29.3 Å². The van der Waals surface area contributed by atoms with Crippen LogP contribution in [0, 0.1) is 11.8 Å². The third-order valence-electron chi connectivity index (χ3n) is 4.34. The molecule has 1 aliphatic carbocycles. The van der Waals surface area contributed by atoms with Gasteiger partial charge in [0.05, 0.1) is 0 Å². The van der Waals surface area contributed by atoms with Crippen LogP contribution in [-0.4, -0.2) is 19.2 Å². The zero-order valence-electron chi connectivity index (χ0n) is 12.6. The van der Waals surface area contributed by atoms with E-state index >= 15 is 0 Å². The molecule has 2 rings (SSSR count). The fraction of sp³-hybridized carbons (Fsp3) is 0.647. The molecule has 1 N–H and O–H groups in total. The van der Waals surface area contributed by atoms with Crippen molar-refractivity contribution < 1.29 is 4.74 Å². The van der Waals surface area contributed by atoms with Crippen LogP contribution >= 0.6 is 11.6 Å². The molecule has 1 unspecified atom stereocenters. The van der Waals surface area contributed by atoms with Gasteiger partial charge in [0.25, 0.3) is 0 Å². The number of likely N-dealkylation sites (N-methyl/N-ethyl adjacent to an activating group) is 1. The Hall–Kier alpha value is -0.730. The average molecular weight is 296 g/mol. The molecule has 3 heteroatoms. The first kappa shape index (κ1) is 15.7. The van der Waals surface area contributed by atoms with Crippen LogP contribution in [0.25, 0.3) is 0 Å². The zero-order chi connectivity index (χ0) is 14.4. The SMILES string of the molecule is CCNC(COc1ccc(Cl)cc1)C1CCC(C)CC1. The van der Waals surface area contributed by atoms with E-state index in [1.54, 1.807) is 0 Å². The average Bonchev–Trinajstić information content (AvgIpc) is 2.46. The van der Waals surface area contributed by atoms with E-state index in [0.717, 1.165) is 35.8 Å². The molecule has 0 heterocycles. The summed E-state index contributed by atoms with van der Waals surface area (Å²) < 4.78 is 5.93. The topological polar surface area (TPSA) is 21.3 Å². The molecule has 0 aliphatic heterocycles. The van der Waals surface area contributed by atoms with Crippen LogP contribution in [0.2, 0.25) is 5.02 Å². The lowest BCUT2D eigenvalue weighted by Gasteiger charge is -2.33. The highest BCUT2D eigenvalue weighted by Gasteiger charge is 2.25. The van der Waals surface area contributed by atoms with Gasteiger partial charge in [0.15, 0.2) is 0 Å². The molecular formula is C17H26ClNO. The van der Waals surface area contributed by atoms with Gasteiger partial charge >= 0.3 is 0 Å². The lowest BCUT2D eigenvalue weighted by molar-refractivity contribution is 0.171. The Kier molecular flexibility index (Phi) is 6.18. The van der Waals surface area contributed by atoms with Gasteiger partial charge in [0, 0.05) is 11.1 Å². The first-order valence-electron chi connectivity index (χ1n) is 7.80. The van der Waals surface area contributed by atoms with Gasteiger partial charge < -0.3 is 10.1 Å². The van der Waals surface area contributed by atoms with E-state index in [4.69, 9.17) is 16.3 Å². The molecule has 0 amide bonds. The molecule has 0 spiro atoms. The molecule has 1 aliphatic rings. The van der Waals surface area contributed by atoms with Crippen LogP contribution in [-0.2, 0) is 0 Å². The minimum absolute atomic E-state index is 0.461. The second-order valence-corrected chi connectivity index (χ2v) is 6.39. The number of rotatable bonds is 6. The summed E-state index contributed by atoms with van der Waals surface area (Å²) >= 11 is 5.89. The summed E-state index contributed by atoms with van der Waals surface area (Å²) in [4.78, 5) is 0. The summed E-state index contributed by atoms with van der Waals surface area (Å²) in [5.74, 6) is 2.55. The summed E-state index contributed by atoms with van der Waals surface area (Å²) in [7, 11) is 0. The fourth-order valence-electron chi connectivity index (χ4n) is 3.03. The monoisotopic (exact) mass is 295 g/mol. The molecule has 0 aromatic heterocycles. The first-order valence-corrected chi connectivity index (χ1v) is 8.18. The largest absolute Gasteiger partial charge is 0.492 e. The normalized spacial score (nSPS) is 24.4. The van der Waals surface area contributed by atoms with Crippen LogP contribution in [0.1, 0.15) is 39.5 Å². The molecule has 1 atom stereocenters. The van der Waals surface area contributed by atoms with Crippen molar-refractivity contribution in [2.24, 2.45) is 11.8 Å². The third-order valence-corrected chi connectivity index (χ3v) is 4.59. The van der Waals surface area contributed by atoms with Crippen LogP contribution < -0.4 is 10.1 Å². The van der Waals surface area contributed by atoms with Gasteiger partial charge in [-0.3, -0.25) is 0 Å². The highest BCUT2D eigenvalue weighted by Crippen LogP contribution is 2.30. The number of benzene rings is 1. The minimum atomic E-state index is 0.461. The fourth-order valence-corrected chi connectivity index (χ4v) is 3.15. The van der Waals surface area contributed by atoms with Gasteiger partial charge in [0.2, 0.25) is 0 Å². The van der Waals surface area contributed by atoms with E-state index in [-0.39, 0.29) is 0 Å². The number of ether oxygens (including phenoxy) is 1. The Balaban J connectivity index is 1.87. The second kappa shape index (κ2) is 7.90. The van der Waals surface area contributed by atoms with Crippen molar-refractivity contribution >= 4 is 11.6 Å². The minimum Gasteiger partial charge on any atom is -0.492 e. The molecule has 20 heavy (non-hydrogen) atoms. The molecule has 2 nitrogen and oxygen atoms in total. The standard InChI is InChI=1S/C17H26ClNO/c1-3-19-17(14-6-4-13(2)5-7-14)12-20-16-10-8-15(18)9-11-16/h8-11,13-14,17,19H,3-7,12H2,1-2H3. The Morgan fingerprint density at radius 2 is 1.85 bits per heavy atom. The van der Waals surface area contributed by atoms with E-state index < -0.39 is 0 Å². The van der Waals surface area contributed by atoms with Crippen molar-refractivity contribution in [1.29, 1.82) is 0 Å². The van der Waals surface area contributed by atoms with Crippen molar-refractivity contribution in [2.45, 2.75) is 45.6 Å². The van der Waals surface area contributed by atoms with Crippen molar-refractivity contribution in [3.63, 3.8) is 0 Å². The van der Waals surface area contributed by atoms with Gasteiger partial charge in [-0.15, -0.1) is 0 Å². The number of hydrogen-bond donors (Lipinski definition) is 1. The Bertz CT molecular complexity index is 384. The van der Waals surface area contributed by atoms with Gasteiger partial charge in [-0.05, 0) is 55.5 Å². The smallest absolute Gasteiger partial charge is 0.119 e. The summed E-state index contributed by atoms with van der Waals surface area (Å²) in [6, 6.07) is 8.09. The molecule has 1 aromatic rings. The third kappa shape index (κ3) is 4.68. The maximum Gasteiger partial charge on any atom is 0.119 e. The highest BCUT2D eigenvalue weighted by atomic mass is 35.5. The summed E-state index contributed by atoms with van der Waals surface area (Å²) in [6.07, 6.45) is 5.35. The van der Waals surface area contributed by atoms with E-state index in [0.29, 0.717) is 6.04 Å². The predicted molar refractivity (Wildman–Crippen MR) is 85.5 cm³/mol. The van der Waals surface area contributed by atoms with E-state index in [2.05, 4.69) is 19.2 Å².